The molecule has 0 aliphatic rings. The SMILES string of the molecule is CCCCCCCN(C)CCCCCCC[C@@H](C)CC. The summed E-state index contributed by atoms with van der Waals surface area (Å²) in [5.74, 6) is 0.939. The van der Waals surface area contributed by atoms with Gasteiger partial charge in [-0.2, -0.15) is 0 Å². The van der Waals surface area contributed by atoms with Crippen molar-refractivity contribution in [2.75, 3.05) is 20.1 Å². The summed E-state index contributed by atoms with van der Waals surface area (Å²) in [6.45, 7) is 9.59. The van der Waals surface area contributed by atoms with Crippen LogP contribution in [0.2, 0.25) is 0 Å². The van der Waals surface area contributed by atoms with Crippen molar-refractivity contribution >= 4 is 0 Å². The van der Waals surface area contributed by atoms with Gasteiger partial charge in [-0.25, -0.2) is 0 Å². The smallest absolute Gasteiger partial charge is 0.00218 e. The van der Waals surface area contributed by atoms with Crippen LogP contribution in [0.4, 0.5) is 0 Å². The van der Waals surface area contributed by atoms with Crippen LogP contribution in [-0.4, -0.2) is 25.0 Å². The van der Waals surface area contributed by atoms with Gasteiger partial charge in [0.05, 0.1) is 0 Å². The lowest BCUT2D eigenvalue weighted by molar-refractivity contribution is 0.314. The minimum Gasteiger partial charge on any atom is -0.306 e. The van der Waals surface area contributed by atoms with Crippen LogP contribution in [0.25, 0.3) is 0 Å². The van der Waals surface area contributed by atoms with Crippen molar-refractivity contribution in [2.45, 2.75) is 97.8 Å². The lowest BCUT2D eigenvalue weighted by atomic mass is 10.00. The molecule has 0 aromatic carbocycles. The minimum absolute atomic E-state index is 0.939. The molecule has 20 heavy (non-hydrogen) atoms. The fraction of sp³-hybridized carbons (Fsp3) is 1.00. The third kappa shape index (κ3) is 14.4. The number of hydrogen-bond donors (Lipinski definition) is 0. The Morgan fingerprint density at radius 1 is 0.700 bits per heavy atom. The van der Waals surface area contributed by atoms with Crippen molar-refractivity contribution < 1.29 is 0 Å². The summed E-state index contributed by atoms with van der Waals surface area (Å²) in [6, 6.07) is 0. The topological polar surface area (TPSA) is 3.24 Å². The van der Waals surface area contributed by atoms with Gasteiger partial charge in [0.2, 0.25) is 0 Å². The number of unbranched alkanes of at least 4 members (excludes halogenated alkanes) is 8. The molecular weight excluding hydrogens is 242 g/mol. The molecule has 0 saturated heterocycles. The zero-order valence-corrected chi connectivity index (χ0v) is 14.9. The first kappa shape index (κ1) is 20.0. The molecule has 0 saturated carbocycles. The second-order valence-electron chi connectivity index (χ2n) is 6.79. The molecule has 0 N–H and O–H groups in total. The first-order valence-electron chi connectivity index (χ1n) is 9.39. The van der Waals surface area contributed by atoms with Gasteiger partial charge in [-0.05, 0) is 38.9 Å². The van der Waals surface area contributed by atoms with E-state index in [1.807, 2.05) is 0 Å². The second-order valence-corrected chi connectivity index (χ2v) is 6.79. The molecule has 0 amide bonds. The Morgan fingerprint density at radius 3 is 1.75 bits per heavy atom. The molecule has 1 atom stereocenters. The normalized spacial score (nSPS) is 13.1. The van der Waals surface area contributed by atoms with E-state index >= 15 is 0 Å². The number of hydrogen-bond acceptors (Lipinski definition) is 1. The van der Waals surface area contributed by atoms with E-state index in [0.29, 0.717) is 0 Å². The Bertz CT molecular complexity index is 179. The third-order valence-corrected chi connectivity index (χ3v) is 4.58. The van der Waals surface area contributed by atoms with Crippen molar-refractivity contribution in [3.05, 3.63) is 0 Å². The molecule has 0 aromatic heterocycles. The van der Waals surface area contributed by atoms with E-state index in [-0.39, 0.29) is 0 Å². The molecule has 1 heteroatoms. The van der Waals surface area contributed by atoms with Gasteiger partial charge in [-0.1, -0.05) is 85.0 Å². The Hall–Kier alpha value is -0.0400. The summed E-state index contributed by atoms with van der Waals surface area (Å²) in [4.78, 5) is 2.53. The van der Waals surface area contributed by atoms with Gasteiger partial charge in [0.25, 0.3) is 0 Å². The third-order valence-electron chi connectivity index (χ3n) is 4.58. The summed E-state index contributed by atoms with van der Waals surface area (Å²) in [7, 11) is 2.29. The van der Waals surface area contributed by atoms with Crippen molar-refractivity contribution in [3.63, 3.8) is 0 Å². The highest BCUT2D eigenvalue weighted by atomic mass is 15.1. The maximum absolute atomic E-state index is 2.53. The van der Waals surface area contributed by atoms with Gasteiger partial charge in [-0.3, -0.25) is 0 Å². The van der Waals surface area contributed by atoms with Gasteiger partial charge in [-0.15, -0.1) is 0 Å². The Morgan fingerprint density at radius 2 is 1.20 bits per heavy atom. The molecule has 0 fully saturated rings. The summed E-state index contributed by atoms with van der Waals surface area (Å²) in [5, 5.41) is 0. The summed E-state index contributed by atoms with van der Waals surface area (Å²) < 4.78 is 0. The van der Waals surface area contributed by atoms with Crippen molar-refractivity contribution in [2.24, 2.45) is 5.92 Å². The fourth-order valence-corrected chi connectivity index (χ4v) is 2.71. The van der Waals surface area contributed by atoms with Gasteiger partial charge in [0.1, 0.15) is 0 Å². The fourth-order valence-electron chi connectivity index (χ4n) is 2.71. The van der Waals surface area contributed by atoms with Crippen molar-refractivity contribution in [1.82, 2.24) is 4.90 Å². The molecule has 122 valence electrons. The molecule has 0 heterocycles. The maximum Gasteiger partial charge on any atom is -0.00218 e. The predicted octanol–water partition coefficient (Wildman–Crippen LogP) is 6.28. The van der Waals surface area contributed by atoms with Gasteiger partial charge in [0.15, 0.2) is 0 Å². The highest BCUT2D eigenvalue weighted by Gasteiger charge is 2.00. The molecular formula is C19H41N. The summed E-state index contributed by atoms with van der Waals surface area (Å²) >= 11 is 0. The van der Waals surface area contributed by atoms with Gasteiger partial charge in [0, 0.05) is 0 Å². The van der Waals surface area contributed by atoms with Crippen molar-refractivity contribution in [3.8, 4) is 0 Å². The molecule has 0 radical (unpaired) electrons. The van der Waals surface area contributed by atoms with E-state index in [0.717, 1.165) is 5.92 Å². The average molecular weight is 284 g/mol. The van der Waals surface area contributed by atoms with Crippen molar-refractivity contribution in [1.29, 1.82) is 0 Å². The van der Waals surface area contributed by atoms with Gasteiger partial charge < -0.3 is 4.90 Å². The van der Waals surface area contributed by atoms with E-state index in [9.17, 15) is 0 Å². The molecule has 0 bridgehead atoms. The molecule has 0 aromatic rings. The average Bonchev–Trinajstić information content (AvgIpc) is 2.45. The molecule has 0 unspecified atom stereocenters. The lowest BCUT2D eigenvalue weighted by Crippen LogP contribution is -2.20. The Kier molecular flexibility index (Phi) is 15.3. The van der Waals surface area contributed by atoms with E-state index in [2.05, 4.69) is 32.7 Å². The highest BCUT2D eigenvalue weighted by Crippen LogP contribution is 2.13. The highest BCUT2D eigenvalue weighted by molar-refractivity contribution is 4.55. The van der Waals surface area contributed by atoms with Crippen LogP contribution in [0, 0.1) is 5.92 Å². The van der Waals surface area contributed by atoms with Crippen LogP contribution in [0.1, 0.15) is 97.8 Å². The summed E-state index contributed by atoms with van der Waals surface area (Å²) in [6.07, 6.45) is 17.0. The maximum atomic E-state index is 2.53. The minimum atomic E-state index is 0.939. The van der Waals surface area contributed by atoms with Crippen LogP contribution < -0.4 is 0 Å². The van der Waals surface area contributed by atoms with E-state index in [1.54, 1.807) is 0 Å². The molecule has 0 aliphatic carbocycles. The van der Waals surface area contributed by atoms with Crippen LogP contribution in [-0.2, 0) is 0 Å². The van der Waals surface area contributed by atoms with E-state index in [1.165, 1.54) is 90.1 Å². The van der Waals surface area contributed by atoms with Crippen LogP contribution in [0.15, 0.2) is 0 Å². The van der Waals surface area contributed by atoms with Crippen LogP contribution in [0.5, 0.6) is 0 Å². The quantitative estimate of drug-likeness (QED) is 0.320. The largest absolute Gasteiger partial charge is 0.306 e. The predicted molar refractivity (Wildman–Crippen MR) is 93.4 cm³/mol. The first-order valence-corrected chi connectivity index (χ1v) is 9.39. The Balaban J connectivity index is 3.17. The van der Waals surface area contributed by atoms with Crippen LogP contribution >= 0.6 is 0 Å². The van der Waals surface area contributed by atoms with Crippen LogP contribution in [0.3, 0.4) is 0 Å². The summed E-state index contributed by atoms with van der Waals surface area (Å²) in [5.41, 5.74) is 0. The number of nitrogens with zero attached hydrogens (tertiary/aromatic N) is 1. The molecule has 1 nitrogen and oxygen atoms in total. The zero-order valence-electron chi connectivity index (χ0n) is 14.9. The molecule has 0 rings (SSSR count). The first-order chi connectivity index (χ1) is 9.70. The Labute approximate surface area is 129 Å². The van der Waals surface area contributed by atoms with E-state index < -0.39 is 0 Å². The standard InChI is InChI=1S/C19H41N/c1-5-7-8-11-14-17-20(4)18-15-12-9-10-13-16-19(3)6-2/h19H,5-18H2,1-4H3/t19-/m0/s1. The second kappa shape index (κ2) is 15.4. The molecule has 0 aliphatic heterocycles. The number of rotatable bonds is 15. The zero-order chi connectivity index (χ0) is 15.1. The lowest BCUT2D eigenvalue weighted by Gasteiger charge is -2.16. The van der Waals surface area contributed by atoms with Gasteiger partial charge >= 0.3 is 0 Å². The molecule has 0 spiro atoms. The van der Waals surface area contributed by atoms with E-state index in [4.69, 9.17) is 0 Å². The monoisotopic (exact) mass is 283 g/mol.